The van der Waals surface area contributed by atoms with E-state index in [1.54, 1.807) is 12.1 Å². The van der Waals surface area contributed by atoms with Crippen molar-refractivity contribution >= 4 is 29.5 Å². The topological polar surface area (TPSA) is 85.8 Å². The van der Waals surface area contributed by atoms with E-state index in [1.807, 2.05) is 34.6 Å². The Morgan fingerprint density at radius 2 is 1.88 bits per heavy atom. The Kier molecular flexibility index (Phi) is 7.58. The fourth-order valence-electron chi connectivity index (χ4n) is 3.49. The second-order valence-corrected chi connectivity index (χ2v) is 9.02. The number of aromatic nitrogens is 2. The lowest BCUT2D eigenvalue weighted by Crippen LogP contribution is -2.45. The standard InChI is InChI=1S/C22H27ClF2N4O4/c1-12(14-6-8-15(9-7-14)32-19(24)25)26-20-27-17(23)10-18(28-20)29-16(11-31-21(29)30)13(2)33-22(3,4)5/h6-10,12-13,16,19H,11H2,1-5H3,(H,26,27,28)/t12-,13+,16?/m0/s1. The zero-order chi connectivity index (χ0) is 24.3. The summed E-state index contributed by atoms with van der Waals surface area (Å²) in [5, 5.41) is 3.25. The SMILES string of the molecule is C[C@H](Nc1nc(Cl)cc(N2C(=O)OCC2[C@@H](C)OC(C)(C)C)n1)c1ccc(OC(F)F)cc1. The van der Waals surface area contributed by atoms with E-state index in [4.69, 9.17) is 21.1 Å². The number of hydrogen-bond donors (Lipinski definition) is 1. The van der Waals surface area contributed by atoms with Gasteiger partial charge in [0, 0.05) is 6.07 Å². The van der Waals surface area contributed by atoms with Crippen LogP contribution in [0.1, 0.15) is 46.2 Å². The maximum Gasteiger partial charge on any atom is 0.416 e. The molecule has 1 N–H and O–H groups in total. The largest absolute Gasteiger partial charge is 0.447 e. The number of anilines is 2. The Hall–Kier alpha value is -2.72. The monoisotopic (exact) mass is 484 g/mol. The molecule has 3 rings (SSSR count). The van der Waals surface area contributed by atoms with Crippen LogP contribution in [-0.2, 0) is 9.47 Å². The molecule has 1 aromatic heterocycles. The van der Waals surface area contributed by atoms with Gasteiger partial charge in [-0.3, -0.25) is 4.90 Å². The molecule has 3 atom stereocenters. The van der Waals surface area contributed by atoms with Gasteiger partial charge in [0.15, 0.2) is 0 Å². The zero-order valence-electron chi connectivity index (χ0n) is 19.0. The summed E-state index contributed by atoms with van der Waals surface area (Å²) < 4.78 is 40.3. The quantitative estimate of drug-likeness (QED) is 0.500. The van der Waals surface area contributed by atoms with Gasteiger partial charge in [-0.05, 0) is 52.3 Å². The molecule has 2 heterocycles. The highest BCUT2D eigenvalue weighted by atomic mass is 35.5. The van der Waals surface area contributed by atoms with E-state index in [0.29, 0.717) is 0 Å². The molecule has 0 aliphatic carbocycles. The maximum atomic E-state index is 12.5. The first-order valence-electron chi connectivity index (χ1n) is 10.4. The van der Waals surface area contributed by atoms with Crippen molar-refractivity contribution < 1.29 is 27.8 Å². The molecular weight excluding hydrogens is 458 g/mol. The van der Waals surface area contributed by atoms with E-state index >= 15 is 0 Å². The molecule has 1 aromatic carbocycles. The Balaban J connectivity index is 1.79. The highest BCUT2D eigenvalue weighted by Gasteiger charge is 2.40. The molecule has 0 radical (unpaired) electrons. The van der Waals surface area contributed by atoms with Gasteiger partial charge in [0.25, 0.3) is 0 Å². The maximum absolute atomic E-state index is 12.5. The van der Waals surface area contributed by atoms with Gasteiger partial charge in [0.05, 0.1) is 17.7 Å². The molecule has 1 unspecified atom stereocenters. The van der Waals surface area contributed by atoms with Gasteiger partial charge in [-0.15, -0.1) is 0 Å². The van der Waals surface area contributed by atoms with Crippen LogP contribution in [0, 0.1) is 0 Å². The van der Waals surface area contributed by atoms with Gasteiger partial charge in [0.2, 0.25) is 5.95 Å². The van der Waals surface area contributed by atoms with E-state index in [9.17, 15) is 13.6 Å². The molecule has 1 amide bonds. The van der Waals surface area contributed by atoms with Crippen molar-refractivity contribution in [3.8, 4) is 5.75 Å². The Morgan fingerprint density at radius 3 is 2.48 bits per heavy atom. The van der Waals surface area contributed by atoms with Crippen LogP contribution in [-0.4, -0.2) is 47.0 Å². The van der Waals surface area contributed by atoms with Crippen molar-refractivity contribution in [2.24, 2.45) is 0 Å². The lowest BCUT2D eigenvalue weighted by molar-refractivity contribution is -0.0618. The third kappa shape index (κ3) is 6.64. The number of amides is 1. The van der Waals surface area contributed by atoms with Crippen LogP contribution in [0.5, 0.6) is 5.75 Å². The van der Waals surface area contributed by atoms with Crippen LogP contribution in [0.3, 0.4) is 0 Å². The van der Waals surface area contributed by atoms with Crippen molar-refractivity contribution in [1.82, 2.24) is 9.97 Å². The first-order valence-corrected chi connectivity index (χ1v) is 10.8. The summed E-state index contributed by atoms with van der Waals surface area (Å²) in [6, 6.07) is 7.01. The minimum absolute atomic E-state index is 0.0624. The number of hydrogen-bond acceptors (Lipinski definition) is 7. The van der Waals surface area contributed by atoms with Crippen molar-refractivity contribution in [1.29, 1.82) is 0 Å². The highest BCUT2D eigenvalue weighted by Crippen LogP contribution is 2.29. The average Bonchev–Trinajstić information content (AvgIpc) is 3.08. The molecule has 33 heavy (non-hydrogen) atoms. The number of carbonyl (C=O) groups excluding carboxylic acids is 1. The first kappa shape index (κ1) is 24.9. The Morgan fingerprint density at radius 1 is 1.21 bits per heavy atom. The summed E-state index contributed by atoms with van der Waals surface area (Å²) in [5.74, 6) is 0.537. The molecule has 0 saturated carbocycles. The molecule has 0 spiro atoms. The molecule has 0 bridgehead atoms. The van der Waals surface area contributed by atoms with Gasteiger partial charge < -0.3 is 19.5 Å². The number of benzene rings is 1. The highest BCUT2D eigenvalue weighted by molar-refractivity contribution is 6.29. The van der Waals surface area contributed by atoms with Crippen LogP contribution in [0.4, 0.5) is 25.3 Å². The number of nitrogens with zero attached hydrogens (tertiary/aromatic N) is 3. The van der Waals surface area contributed by atoms with Crippen molar-refractivity contribution in [2.45, 2.75) is 65.0 Å². The number of ether oxygens (including phenoxy) is 3. The van der Waals surface area contributed by atoms with E-state index < -0.39 is 24.3 Å². The predicted molar refractivity (Wildman–Crippen MR) is 120 cm³/mol. The number of rotatable bonds is 8. The smallest absolute Gasteiger partial charge is 0.416 e. The molecular formula is C22H27ClF2N4O4. The molecule has 8 nitrogen and oxygen atoms in total. The van der Waals surface area contributed by atoms with E-state index in [0.717, 1.165) is 5.56 Å². The normalized spacial score (nSPS) is 18.3. The van der Waals surface area contributed by atoms with Gasteiger partial charge in [0.1, 0.15) is 29.4 Å². The fourth-order valence-corrected chi connectivity index (χ4v) is 3.67. The number of halogens is 3. The molecule has 2 aromatic rings. The average molecular weight is 485 g/mol. The summed E-state index contributed by atoms with van der Waals surface area (Å²) in [5.41, 5.74) is 0.380. The lowest BCUT2D eigenvalue weighted by Gasteiger charge is -2.31. The van der Waals surface area contributed by atoms with Gasteiger partial charge >= 0.3 is 12.7 Å². The van der Waals surface area contributed by atoms with Crippen LogP contribution >= 0.6 is 11.6 Å². The van der Waals surface area contributed by atoms with Crippen LogP contribution in [0.25, 0.3) is 0 Å². The van der Waals surface area contributed by atoms with Crippen molar-refractivity contribution in [2.75, 3.05) is 16.8 Å². The van der Waals surface area contributed by atoms with Gasteiger partial charge in [-0.1, -0.05) is 23.7 Å². The van der Waals surface area contributed by atoms with Crippen LogP contribution in [0.15, 0.2) is 30.3 Å². The summed E-state index contributed by atoms with van der Waals surface area (Å²) in [7, 11) is 0. The van der Waals surface area contributed by atoms with E-state index in [2.05, 4.69) is 20.0 Å². The summed E-state index contributed by atoms with van der Waals surface area (Å²) in [6.45, 7) is 6.79. The van der Waals surface area contributed by atoms with Gasteiger partial charge in [-0.25, -0.2) is 9.78 Å². The number of nitrogens with one attached hydrogen (secondary N) is 1. The molecule has 180 valence electrons. The van der Waals surface area contributed by atoms with Crippen molar-refractivity contribution in [3.63, 3.8) is 0 Å². The van der Waals surface area contributed by atoms with Crippen molar-refractivity contribution in [3.05, 3.63) is 41.0 Å². The Labute approximate surface area is 196 Å². The Bertz CT molecular complexity index is 972. The van der Waals surface area contributed by atoms with E-state index in [-0.39, 0.29) is 41.4 Å². The summed E-state index contributed by atoms with van der Waals surface area (Å²) in [4.78, 5) is 22.5. The third-order valence-electron chi connectivity index (χ3n) is 4.87. The number of carbonyl (C=O) groups is 1. The van der Waals surface area contributed by atoms with E-state index in [1.165, 1.54) is 23.1 Å². The predicted octanol–water partition coefficient (Wildman–Crippen LogP) is 5.43. The minimum atomic E-state index is -2.89. The second kappa shape index (κ2) is 10.0. The molecule has 1 aliphatic heterocycles. The van der Waals surface area contributed by atoms with Gasteiger partial charge in [-0.2, -0.15) is 13.8 Å². The first-order chi connectivity index (χ1) is 15.4. The molecule has 11 heteroatoms. The second-order valence-electron chi connectivity index (χ2n) is 8.64. The van der Waals surface area contributed by atoms with Crippen LogP contribution < -0.4 is 15.0 Å². The molecule has 1 fully saturated rings. The number of alkyl halides is 2. The molecule has 1 aliphatic rings. The zero-order valence-corrected chi connectivity index (χ0v) is 19.8. The summed E-state index contributed by atoms with van der Waals surface area (Å²) in [6.07, 6.45) is -0.873. The fraction of sp³-hybridized carbons (Fsp3) is 0.500. The molecule has 1 saturated heterocycles. The summed E-state index contributed by atoms with van der Waals surface area (Å²) >= 11 is 6.22. The minimum Gasteiger partial charge on any atom is -0.447 e. The third-order valence-corrected chi connectivity index (χ3v) is 5.06. The van der Waals surface area contributed by atoms with Crippen LogP contribution in [0.2, 0.25) is 5.15 Å². The number of cyclic esters (lactones) is 1. The lowest BCUT2D eigenvalue weighted by atomic mass is 10.1.